The number of thioether (sulfide) groups is 1. The molecule has 1 aliphatic rings. The lowest BCUT2D eigenvalue weighted by Crippen LogP contribution is -2.26. The summed E-state index contributed by atoms with van der Waals surface area (Å²) in [5.74, 6) is 0.118. The van der Waals surface area contributed by atoms with Crippen LogP contribution in [0, 0.1) is 0 Å². The van der Waals surface area contributed by atoms with Crippen molar-refractivity contribution in [3.63, 3.8) is 0 Å². The molecule has 0 fully saturated rings. The third-order valence-corrected chi connectivity index (χ3v) is 4.42. The Labute approximate surface area is 112 Å². The van der Waals surface area contributed by atoms with E-state index in [1.165, 1.54) is 5.56 Å². The number of amides is 1. The molecule has 98 valence electrons. The van der Waals surface area contributed by atoms with Crippen molar-refractivity contribution in [2.75, 3.05) is 19.0 Å². The van der Waals surface area contributed by atoms with E-state index in [0.717, 1.165) is 18.5 Å². The standard InChI is InChI=1S/C14H19NO2S/c1-10(9-17-2)18-13-8-7-11-5-3-4-6-12(11)15-14(13)16/h3-6,10,13H,7-9H2,1-2H3,(H,15,16)/t10-,13+/m0/s1. The highest BCUT2D eigenvalue weighted by molar-refractivity contribution is 8.01. The summed E-state index contributed by atoms with van der Waals surface area (Å²) >= 11 is 1.70. The molecule has 18 heavy (non-hydrogen) atoms. The summed E-state index contributed by atoms with van der Waals surface area (Å²) in [4.78, 5) is 12.1. The number of anilines is 1. The fourth-order valence-electron chi connectivity index (χ4n) is 2.18. The minimum atomic E-state index is 0.0162. The van der Waals surface area contributed by atoms with Crippen LogP contribution in [0.4, 0.5) is 5.69 Å². The third-order valence-electron chi connectivity index (χ3n) is 3.04. The minimum Gasteiger partial charge on any atom is -0.384 e. The maximum absolute atomic E-state index is 12.1. The number of hydrogen-bond acceptors (Lipinski definition) is 3. The number of nitrogens with one attached hydrogen (secondary N) is 1. The Morgan fingerprint density at radius 3 is 3.06 bits per heavy atom. The van der Waals surface area contributed by atoms with Crippen molar-refractivity contribution in [3.8, 4) is 0 Å². The van der Waals surface area contributed by atoms with Gasteiger partial charge < -0.3 is 10.1 Å². The zero-order chi connectivity index (χ0) is 13.0. The highest BCUT2D eigenvalue weighted by Gasteiger charge is 2.25. The molecule has 1 aliphatic heterocycles. The number of carbonyl (C=O) groups is 1. The summed E-state index contributed by atoms with van der Waals surface area (Å²) < 4.78 is 5.12. The van der Waals surface area contributed by atoms with E-state index in [4.69, 9.17) is 4.74 Å². The van der Waals surface area contributed by atoms with Crippen LogP contribution in [0.3, 0.4) is 0 Å². The van der Waals surface area contributed by atoms with E-state index in [9.17, 15) is 4.79 Å². The second kappa shape index (κ2) is 6.25. The lowest BCUT2D eigenvalue weighted by Gasteiger charge is -2.17. The third kappa shape index (κ3) is 3.27. The fraction of sp³-hybridized carbons (Fsp3) is 0.500. The Morgan fingerprint density at radius 2 is 2.28 bits per heavy atom. The molecular weight excluding hydrogens is 246 g/mol. The van der Waals surface area contributed by atoms with Gasteiger partial charge in [-0.2, -0.15) is 0 Å². The highest BCUT2D eigenvalue weighted by atomic mass is 32.2. The van der Waals surface area contributed by atoms with Crippen LogP contribution in [0.1, 0.15) is 18.9 Å². The second-order valence-electron chi connectivity index (χ2n) is 4.58. The molecule has 0 unspecified atom stereocenters. The van der Waals surface area contributed by atoms with Crippen LogP contribution in [0.15, 0.2) is 24.3 Å². The van der Waals surface area contributed by atoms with Gasteiger partial charge in [-0.3, -0.25) is 4.79 Å². The van der Waals surface area contributed by atoms with Crippen molar-refractivity contribution < 1.29 is 9.53 Å². The Kier molecular flexibility index (Phi) is 4.66. The molecule has 1 aromatic rings. The van der Waals surface area contributed by atoms with Crippen molar-refractivity contribution in [2.24, 2.45) is 0 Å². The molecule has 0 aromatic heterocycles. The van der Waals surface area contributed by atoms with Crippen LogP contribution >= 0.6 is 11.8 Å². The van der Waals surface area contributed by atoms with Gasteiger partial charge in [-0.25, -0.2) is 0 Å². The van der Waals surface area contributed by atoms with Gasteiger partial charge in [0.2, 0.25) is 5.91 Å². The minimum absolute atomic E-state index is 0.0162. The maximum atomic E-state index is 12.1. The normalized spacial score (nSPS) is 20.8. The number of carbonyl (C=O) groups excluding carboxylic acids is 1. The number of para-hydroxylation sites is 1. The Balaban J connectivity index is 2.03. The average molecular weight is 265 g/mol. The number of fused-ring (bicyclic) bond motifs is 1. The summed E-state index contributed by atoms with van der Waals surface area (Å²) in [5.41, 5.74) is 2.19. The molecule has 1 aromatic carbocycles. The molecule has 1 heterocycles. The zero-order valence-electron chi connectivity index (χ0n) is 10.8. The number of aryl methyl sites for hydroxylation is 1. The molecule has 0 aliphatic carbocycles. The first kappa shape index (κ1) is 13.4. The Bertz CT molecular complexity index is 422. The van der Waals surface area contributed by atoms with Crippen LogP contribution in [0.5, 0.6) is 0 Å². The zero-order valence-corrected chi connectivity index (χ0v) is 11.6. The molecule has 4 heteroatoms. The summed E-state index contributed by atoms with van der Waals surface area (Å²) in [6.07, 6.45) is 1.84. The van der Waals surface area contributed by atoms with Crippen molar-refractivity contribution in [3.05, 3.63) is 29.8 Å². The van der Waals surface area contributed by atoms with Gasteiger partial charge in [-0.1, -0.05) is 25.1 Å². The van der Waals surface area contributed by atoms with Crippen molar-refractivity contribution >= 4 is 23.4 Å². The number of benzene rings is 1. The predicted molar refractivity (Wildman–Crippen MR) is 76.1 cm³/mol. The molecule has 0 spiro atoms. The molecule has 0 bridgehead atoms. The molecule has 1 amide bonds. The fourth-order valence-corrected chi connectivity index (χ4v) is 3.39. The SMILES string of the molecule is COC[C@H](C)S[C@@H]1CCc2ccccc2NC1=O. The van der Waals surface area contributed by atoms with Crippen LogP contribution in [-0.4, -0.2) is 30.1 Å². The van der Waals surface area contributed by atoms with Crippen LogP contribution in [0.25, 0.3) is 0 Å². The number of hydrogen-bond donors (Lipinski definition) is 1. The summed E-state index contributed by atoms with van der Waals surface area (Å²) in [7, 11) is 1.69. The van der Waals surface area contributed by atoms with Crippen molar-refractivity contribution in [2.45, 2.75) is 30.3 Å². The van der Waals surface area contributed by atoms with Gasteiger partial charge in [-0.15, -0.1) is 11.8 Å². The Morgan fingerprint density at radius 1 is 1.50 bits per heavy atom. The number of methoxy groups -OCH3 is 1. The van der Waals surface area contributed by atoms with Gasteiger partial charge in [0.05, 0.1) is 11.9 Å². The smallest absolute Gasteiger partial charge is 0.237 e. The van der Waals surface area contributed by atoms with E-state index in [-0.39, 0.29) is 11.2 Å². The lowest BCUT2D eigenvalue weighted by atomic mass is 10.1. The van der Waals surface area contributed by atoms with Gasteiger partial charge in [0.15, 0.2) is 0 Å². The predicted octanol–water partition coefficient (Wildman–Crippen LogP) is 2.71. The van der Waals surface area contributed by atoms with Gasteiger partial charge in [-0.05, 0) is 24.5 Å². The van der Waals surface area contributed by atoms with E-state index < -0.39 is 0 Å². The van der Waals surface area contributed by atoms with E-state index >= 15 is 0 Å². The summed E-state index contributed by atoms with van der Waals surface area (Å²) in [6, 6.07) is 8.03. The van der Waals surface area contributed by atoms with Crippen LogP contribution in [0.2, 0.25) is 0 Å². The molecule has 2 rings (SSSR count). The van der Waals surface area contributed by atoms with E-state index in [2.05, 4.69) is 18.3 Å². The molecule has 2 atom stereocenters. The topological polar surface area (TPSA) is 38.3 Å². The first-order valence-electron chi connectivity index (χ1n) is 6.24. The van der Waals surface area contributed by atoms with E-state index in [1.807, 2.05) is 18.2 Å². The first-order valence-corrected chi connectivity index (χ1v) is 7.18. The quantitative estimate of drug-likeness (QED) is 0.909. The van der Waals surface area contributed by atoms with Gasteiger partial charge >= 0.3 is 0 Å². The molecular formula is C14H19NO2S. The highest BCUT2D eigenvalue weighted by Crippen LogP contribution is 2.29. The van der Waals surface area contributed by atoms with E-state index in [1.54, 1.807) is 18.9 Å². The summed E-state index contributed by atoms with van der Waals surface area (Å²) in [6.45, 7) is 2.78. The molecule has 0 saturated heterocycles. The second-order valence-corrected chi connectivity index (χ2v) is 6.22. The summed E-state index contributed by atoms with van der Waals surface area (Å²) in [5, 5.41) is 3.38. The van der Waals surface area contributed by atoms with Crippen molar-refractivity contribution in [1.29, 1.82) is 0 Å². The molecule has 1 N–H and O–H groups in total. The largest absolute Gasteiger partial charge is 0.384 e. The van der Waals surface area contributed by atoms with Crippen molar-refractivity contribution in [1.82, 2.24) is 0 Å². The van der Waals surface area contributed by atoms with Gasteiger partial charge in [0.1, 0.15) is 0 Å². The number of rotatable bonds is 4. The van der Waals surface area contributed by atoms with Gasteiger partial charge in [0.25, 0.3) is 0 Å². The molecule has 0 saturated carbocycles. The number of ether oxygens (including phenoxy) is 1. The lowest BCUT2D eigenvalue weighted by molar-refractivity contribution is -0.115. The monoisotopic (exact) mass is 265 g/mol. The first-order chi connectivity index (χ1) is 8.70. The average Bonchev–Trinajstić information content (AvgIpc) is 2.50. The molecule has 3 nitrogen and oxygen atoms in total. The maximum Gasteiger partial charge on any atom is 0.237 e. The van der Waals surface area contributed by atoms with E-state index in [0.29, 0.717) is 11.9 Å². The van der Waals surface area contributed by atoms with Crippen LogP contribution in [-0.2, 0) is 16.0 Å². The van der Waals surface area contributed by atoms with Crippen LogP contribution < -0.4 is 5.32 Å². The Hall–Kier alpha value is -1.00. The molecule has 0 radical (unpaired) electrons. The van der Waals surface area contributed by atoms with Gasteiger partial charge in [0, 0.05) is 18.0 Å².